The van der Waals surface area contributed by atoms with E-state index in [1.807, 2.05) is 20.8 Å². The second-order valence-corrected chi connectivity index (χ2v) is 5.40. The minimum absolute atomic E-state index is 0.0386. The lowest BCUT2D eigenvalue weighted by atomic mass is 10.1. The molecule has 1 unspecified atom stereocenters. The van der Waals surface area contributed by atoms with Gasteiger partial charge in [-0.3, -0.25) is 4.79 Å². The standard InChI is InChI=1S/C13H26N2O3/c1-6-7-11(8-9-14-10(2)16)15-12(17)18-13(3,4)5/h11H,6-9H2,1-5H3,(H,14,16)(H,15,17). The van der Waals surface area contributed by atoms with Gasteiger partial charge in [0.25, 0.3) is 0 Å². The fraction of sp³-hybridized carbons (Fsp3) is 0.846. The maximum atomic E-state index is 11.6. The van der Waals surface area contributed by atoms with E-state index in [1.165, 1.54) is 6.92 Å². The van der Waals surface area contributed by atoms with E-state index in [2.05, 4.69) is 17.6 Å². The number of amides is 2. The van der Waals surface area contributed by atoms with Gasteiger partial charge in [0.15, 0.2) is 0 Å². The molecule has 0 spiro atoms. The Morgan fingerprint density at radius 1 is 1.22 bits per heavy atom. The highest BCUT2D eigenvalue weighted by Crippen LogP contribution is 2.08. The van der Waals surface area contributed by atoms with E-state index in [9.17, 15) is 9.59 Å². The van der Waals surface area contributed by atoms with E-state index in [0.717, 1.165) is 12.8 Å². The Kier molecular flexibility index (Phi) is 7.39. The highest BCUT2D eigenvalue weighted by atomic mass is 16.6. The van der Waals surface area contributed by atoms with Crippen LogP contribution in [0.4, 0.5) is 4.79 Å². The van der Waals surface area contributed by atoms with Crippen LogP contribution < -0.4 is 10.6 Å². The summed E-state index contributed by atoms with van der Waals surface area (Å²) in [7, 11) is 0. The summed E-state index contributed by atoms with van der Waals surface area (Å²) in [5, 5.41) is 5.56. The Labute approximate surface area is 110 Å². The first kappa shape index (κ1) is 16.7. The molecule has 0 aromatic heterocycles. The molecule has 0 aromatic carbocycles. The summed E-state index contributed by atoms with van der Waals surface area (Å²) in [5.74, 6) is -0.0532. The zero-order valence-corrected chi connectivity index (χ0v) is 12.1. The molecule has 5 heteroatoms. The van der Waals surface area contributed by atoms with E-state index >= 15 is 0 Å². The van der Waals surface area contributed by atoms with Crippen molar-refractivity contribution >= 4 is 12.0 Å². The Morgan fingerprint density at radius 2 is 1.83 bits per heavy atom. The lowest BCUT2D eigenvalue weighted by Gasteiger charge is -2.23. The number of ether oxygens (including phenoxy) is 1. The topological polar surface area (TPSA) is 67.4 Å². The molecular weight excluding hydrogens is 232 g/mol. The highest BCUT2D eigenvalue weighted by molar-refractivity contribution is 5.72. The van der Waals surface area contributed by atoms with Crippen LogP contribution in [0.3, 0.4) is 0 Å². The third kappa shape index (κ3) is 9.93. The molecule has 5 nitrogen and oxygen atoms in total. The second kappa shape index (κ2) is 7.95. The highest BCUT2D eigenvalue weighted by Gasteiger charge is 2.18. The minimum atomic E-state index is -0.488. The van der Waals surface area contributed by atoms with Crippen LogP contribution in [0.5, 0.6) is 0 Å². The van der Waals surface area contributed by atoms with Crippen LogP contribution >= 0.6 is 0 Å². The lowest BCUT2D eigenvalue weighted by Crippen LogP contribution is -2.40. The van der Waals surface area contributed by atoms with Crippen LogP contribution in [-0.2, 0) is 9.53 Å². The number of hydrogen-bond acceptors (Lipinski definition) is 3. The quantitative estimate of drug-likeness (QED) is 0.767. The smallest absolute Gasteiger partial charge is 0.407 e. The first-order valence-corrected chi connectivity index (χ1v) is 6.48. The fourth-order valence-corrected chi connectivity index (χ4v) is 1.53. The minimum Gasteiger partial charge on any atom is -0.444 e. The Hall–Kier alpha value is -1.26. The Bertz CT molecular complexity index is 272. The molecule has 0 saturated carbocycles. The van der Waals surface area contributed by atoms with Crippen LogP contribution in [0.25, 0.3) is 0 Å². The van der Waals surface area contributed by atoms with Gasteiger partial charge in [0.05, 0.1) is 0 Å². The molecule has 0 aliphatic carbocycles. The molecule has 0 saturated heterocycles. The zero-order valence-electron chi connectivity index (χ0n) is 12.1. The van der Waals surface area contributed by atoms with Gasteiger partial charge >= 0.3 is 6.09 Å². The fourth-order valence-electron chi connectivity index (χ4n) is 1.53. The summed E-state index contributed by atoms with van der Waals surface area (Å²) in [5.41, 5.74) is -0.488. The average Bonchev–Trinajstić information content (AvgIpc) is 2.13. The van der Waals surface area contributed by atoms with E-state index in [-0.39, 0.29) is 11.9 Å². The van der Waals surface area contributed by atoms with Crippen LogP contribution in [0, 0.1) is 0 Å². The lowest BCUT2D eigenvalue weighted by molar-refractivity contribution is -0.118. The molecule has 0 radical (unpaired) electrons. The van der Waals surface area contributed by atoms with E-state index in [0.29, 0.717) is 13.0 Å². The van der Waals surface area contributed by atoms with Crippen LogP contribution in [-0.4, -0.2) is 30.2 Å². The molecule has 2 N–H and O–H groups in total. The van der Waals surface area contributed by atoms with Gasteiger partial charge in [-0.2, -0.15) is 0 Å². The van der Waals surface area contributed by atoms with Gasteiger partial charge in [-0.15, -0.1) is 0 Å². The molecule has 0 fully saturated rings. The third-order valence-corrected chi connectivity index (χ3v) is 2.22. The van der Waals surface area contributed by atoms with Gasteiger partial charge in [-0.05, 0) is 33.6 Å². The SMILES string of the molecule is CCCC(CCNC(C)=O)NC(=O)OC(C)(C)C. The van der Waals surface area contributed by atoms with Gasteiger partial charge in [0, 0.05) is 19.5 Å². The summed E-state index contributed by atoms with van der Waals surface area (Å²) in [6.45, 7) is 9.60. The largest absolute Gasteiger partial charge is 0.444 e. The van der Waals surface area contributed by atoms with E-state index in [4.69, 9.17) is 4.74 Å². The molecular formula is C13H26N2O3. The van der Waals surface area contributed by atoms with Gasteiger partial charge in [-0.25, -0.2) is 4.79 Å². The summed E-state index contributed by atoms with van der Waals surface area (Å²) >= 11 is 0. The van der Waals surface area contributed by atoms with Gasteiger partial charge in [-0.1, -0.05) is 13.3 Å². The summed E-state index contributed by atoms with van der Waals surface area (Å²) < 4.78 is 5.20. The molecule has 1 atom stereocenters. The van der Waals surface area contributed by atoms with Crippen molar-refractivity contribution in [1.82, 2.24) is 10.6 Å². The van der Waals surface area contributed by atoms with Crippen LogP contribution in [0.15, 0.2) is 0 Å². The molecule has 2 amide bonds. The number of alkyl carbamates (subject to hydrolysis) is 1. The normalized spacial score (nSPS) is 12.7. The van der Waals surface area contributed by atoms with Crippen molar-refractivity contribution in [2.75, 3.05) is 6.54 Å². The van der Waals surface area contributed by atoms with Crippen molar-refractivity contribution in [3.8, 4) is 0 Å². The predicted octanol–water partition coefficient (Wildman–Crippen LogP) is 2.21. The van der Waals surface area contributed by atoms with Crippen molar-refractivity contribution < 1.29 is 14.3 Å². The van der Waals surface area contributed by atoms with Crippen LogP contribution in [0.2, 0.25) is 0 Å². The molecule has 0 aromatic rings. The number of hydrogen-bond donors (Lipinski definition) is 2. The summed E-state index contributed by atoms with van der Waals surface area (Å²) in [6, 6.07) is 0.0386. The van der Waals surface area contributed by atoms with Crippen molar-refractivity contribution in [2.24, 2.45) is 0 Å². The van der Waals surface area contributed by atoms with Crippen molar-refractivity contribution in [3.63, 3.8) is 0 Å². The van der Waals surface area contributed by atoms with Crippen molar-refractivity contribution in [2.45, 2.75) is 65.5 Å². The van der Waals surface area contributed by atoms with E-state index in [1.54, 1.807) is 0 Å². The van der Waals surface area contributed by atoms with Crippen molar-refractivity contribution in [3.05, 3.63) is 0 Å². The molecule has 18 heavy (non-hydrogen) atoms. The predicted molar refractivity (Wildman–Crippen MR) is 71.4 cm³/mol. The monoisotopic (exact) mass is 258 g/mol. The molecule has 0 bridgehead atoms. The number of rotatable bonds is 6. The van der Waals surface area contributed by atoms with Gasteiger partial charge < -0.3 is 15.4 Å². The number of nitrogens with one attached hydrogen (secondary N) is 2. The van der Waals surface area contributed by atoms with E-state index < -0.39 is 11.7 Å². The molecule has 0 heterocycles. The molecule has 0 aliphatic heterocycles. The van der Waals surface area contributed by atoms with Gasteiger partial charge in [0.2, 0.25) is 5.91 Å². The van der Waals surface area contributed by atoms with Crippen LogP contribution in [0.1, 0.15) is 53.9 Å². The average molecular weight is 258 g/mol. The number of carbonyl (C=O) groups is 2. The van der Waals surface area contributed by atoms with Gasteiger partial charge in [0.1, 0.15) is 5.60 Å². The Balaban J connectivity index is 4.09. The number of carbonyl (C=O) groups excluding carboxylic acids is 2. The summed E-state index contributed by atoms with van der Waals surface area (Å²) in [4.78, 5) is 22.4. The molecule has 0 aliphatic rings. The maximum absolute atomic E-state index is 11.6. The molecule has 106 valence electrons. The summed E-state index contributed by atoms with van der Waals surface area (Å²) in [6.07, 6.45) is 2.16. The molecule has 0 rings (SSSR count). The Morgan fingerprint density at radius 3 is 2.28 bits per heavy atom. The van der Waals surface area contributed by atoms with Crippen molar-refractivity contribution in [1.29, 1.82) is 0 Å². The third-order valence-electron chi connectivity index (χ3n) is 2.22. The first-order chi connectivity index (χ1) is 8.24. The zero-order chi connectivity index (χ0) is 14.2. The first-order valence-electron chi connectivity index (χ1n) is 6.48. The second-order valence-electron chi connectivity index (χ2n) is 5.40. The maximum Gasteiger partial charge on any atom is 0.407 e.